The number of imidazole rings is 1. The van der Waals surface area contributed by atoms with Crippen LogP contribution in [-0.2, 0) is 13.2 Å². The fourth-order valence-corrected chi connectivity index (χ4v) is 3.75. The average molecular weight is 472 g/mol. The molecule has 5 nitrogen and oxygen atoms in total. The Hall–Kier alpha value is -4.39. The molecule has 1 aromatic heterocycles. The summed E-state index contributed by atoms with van der Waals surface area (Å²) in [5, 5.41) is 0. The van der Waals surface area contributed by atoms with Crippen LogP contribution in [0, 0.1) is 11.6 Å². The zero-order valence-electron chi connectivity index (χ0n) is 18.9. The van der Waals surface area contributed by atoms with Gasteiger partial charge in [-0.05, 0) is 29.3 Å². The Morgan fingerprint density at radius 2 is 1.40 bits per heavy atom. The van der Waals surface area contributed by atoms with Crippen LogP contribution in [0.4, 0.5) is 8.78 Å². The Kier molecular flexibility index (Phi) is 6.30. The number of halogens is 2. The molecule has 1 N–H and O–H groups in total. The molecule has 5 rings (SSSR count). The molecule has 0 saturated heterocycles. The smallest absolute Gasteiger partial charge is 0.207 e. The van der Waals surface area contributed by atoms with Crippen molar-refractivity contribution in [1.29, 1.82) is 0 Å². The van der Waals surface area contributed by atoms with Crippen LogP contribution in [0.15, 0.2) is 84.9 Å². The van der Waals surface area contributed by atoms with Gasteiger partial charge in [0.2, 0.25) is 11.5 Å². The molecule has 0 bridgehead atoms. The summed E-state index contributed by atoms with van der Waals surface area (Å²) >= 11 is 0. The van der Waals surface area contributed by atoms with E-state index in [1.165, 1.54) is 25.3 Å². The maximum absolute atomic E-state index is 16.0. The fraction of sp³-hybridized carbons (Fsp3) is 0.107. The number of hydrogen-bond acceptors (Lipinski definition) is 4. The highest BCUT2D eigenvalue weighted by molar-refractivity contribution is 5.80. The number of hydrogen-bond donors (Lipinski definition) is 1. The third-order valence-corrected chi connectivity index (χ3v) is 5.51. The number of aromatic nitrogens is 2. The minimum Gasteiger partial charge on any atom is -0.493 e. The van der Waals surface area contributed by atoms with E-state index >= 15 is 4.39 Å². The van der Waals surface area contributed by atoms with Gasteiger partial charge in [-0.2, -0.15) is 0 Å². The number of H-pyrrole nitrogens is 1. The van der Waals surface area contributed by atoms with E-state index in [4.69, 9.17) is 14.2 Å². The first kappa shape index (κ1) is 22.4. The number of rotatable bonds is 8. The number of methoxy groups -OCH3 is 1. The summed E-state index contributed by atoms with van der Waals surface area (Å²) in [6.45, 7) is 0.318. The number of ether oxygens (including phenoxy) is 3. The van der Waals surface area contributed by atoms with E-state index < -0.39 is 11.6 Å². The molecule has 0 radical (unpaired) electrons. The van der Waals surface area contributed by atoms with Crippen LogP contribution in [0.3, 0.4) is 0 Å². The summed E-state index contributed by atoms with van der Waals surface area (Å²) < 4.78 is 47.2. The Bertz CT molecular complexity index is 1450. The molecule has 0 spiro atoms. The molecule has 0 amide bonds. The highest BCUT2D eigenvalue weighted by Gasteiger charge is 2.25. The van der Waals surface area contributed by atoms with Crippen LogP contribution in [0.25, 0.3) is 22.4 Å². The standard InChI is InChI=1S/C28H22F2N2O3/c1-33-24-15-21(28-31-22-13-12-20(29)14-23(22)32-28)25(30)27(35-17-19-10-6-3-7-11-19)26(24)34-16-18-8-4-2-5-9-18/h2-15H,16-17H2,1H3,(H,31,32). The third-order valence-electron chi connectivity index (χ3n) is 5.51. The summed E-state index contributed by atoms with van der Waals surface area (Å²) in [4.78, 5) is 7.42. The molecule has 0 atom stereocenters. The van der Waals surface area contributed by atoms with Gasteiger partial charge >= 0.3 is 0 Å². The lowest BCUT2D eigenvalue weighted by molar-refractivity contribution is 0.235. The molecular formula is C28H22F2N2O3. The molecule has 0 saturated carbocycles. The lowest BCUT2D eigenvalue weighted by Gasteiger charge is -2.18. The molecule has 0 aliphatic carbocycles. The second-order valence-corrected chi connectivity index (χ2v) is 7.89. The van der Waals surface area contributed by atoms with Gasteiger partial charge in [-0.3, -0.25) is 0 Å². The molecule has 0 fully saturated rings. The number of nitrogens with one attached hydrogen (secondary N) is 1. The average Bonchev–Trinajstić information content (AvgIpc) is 3.31. The van der Waals surface area contributed by atoms with Gasteiger partial charge in [-0.15, -0.1) is 0 Å². The monoisotopic (exact) mass is 472 g/mol. The van der Waals surface area contributed by atoms with Crippen molar-refractivity contribution < 1.29 is 23.0 Å². The lowest BCUT2D eigenvalue weighted by atomic mass is 10.1. The predicted octanol–water partition coefficient (Wildman–Crippen LogP) is 6.67. The van der Waals surface area contributed by atoms with E-state index in [0.717, 1.165) is 11.1 Å². The van der Waals surface area contributed by atoms with E-state index in [9.17, 15) is 4.39 Å². The van der Waals surface area contributed by atoms with Gasteiger partial charge in [0.15, 0.2) is 11.6 Å². The first-order valence-corrected chi connectivity index (χ1v) is 11.0. The summed E-state index contributed by atoms with van der Waals surface area (Å²) in [7, 11) is 1.47. The first-order valence-electron chi connectivity index (χ1n) is 11.0. The van der Waals surface area contributed by atoms with Crippen LogP contribution in [0.2, 0.25) is 0 Å². The van der Waals surface area contributed by atoms with Crippen molar-refractivity contribution in [3.8, 4) is 28.6 Å². The van der Waals surface area contributed by atoms with Crippen LogP contribution in [0.1, 0.15) is 11.1 Å². The normalized spacial score (nSPS) is 10.9. The maximum atomic E-state index is 16.0. The molecule has 7 heteroatoms. The van der Waals surface area contributed by atoms with Crippen molar-refractivity contribution in [2.45, 2.75) is 13.2 Å². The molecule has 5 aromatic rings. The summed E-state index contributed by atoms with van der Waals surface area (Å²) in [5.74, 6) is -0.525. The summed E-state index contributed by atoms with van der Waals surface area (Å²) in [6.07, 6.45) is 0. The molecule has 1 heterocycles. The molecular weight excluding hydrogens is 450 g/mol. The van der Waals surface area contributed by atoms with Gasteiger partial charge in [0.05, 0.1) is 23.7 Å². The molecule has 0 aliphatic rings. The highest BCUT2D eigenvalue weighted by atomic mass is 19.1. The minimum atomic E-state index is -0.663. The van der Waals surface area contributed by atoms with Crippen LogP contribution in [-0.4, -0.2) is 17.1 Å². The lowest BCUT2D eigenvalue weighted by Crippen LogP contribution is -2.05. The van der Waals surface area contributed by atoms with Crippen molar-refractivity contribution in [1.82, 2.24) is 9.97 Å². The second-order valence-electron chi connectivity index (χ2n) is 7.89. The Morgan fingerprint density at radius 1 is 0.771 bits per heavy atom. The molecule has 0 unspecified atom stereocenters. The predicted molar refractivity (Wildman–Crippen MR) is 130 cm³/mol. The molecule has 4 aromatic carbocycles. The number of fused-ring (bicyclic) bond motifs is 1. The SMILES string of the molecule is COc1cc(-c2nc3cc(F)ccc3[nH]2)c(F)c(OCc2ccccc2)c1OCc1ccccc1. The van der Waals surface area contributed by atoms with Gasteiger partial charge in [-0.1, -0.05) is 60.7 Å². The van der Waals surface area contributed by atoms with Crippen molar-refractivity contribution in [3.05, 3.63) is 108 Å². The van der Waals surface area contributed by atoms with Crippen molar-refractivity contribution in [2.24, 2.45) is 0 Å². The minimum absolute atomic E-state index is 0.0919. The number of nitrogens with zero attached hydrogens (tertiary/aromatic N) is 1. The largest absolute Gasteiger partial charge is 0.493 e. The first-order chi connectivity index (χ1) is 17.1. The van der Waals surface area contributed by atoms with E-state index in [1.54, 1.807) is 6.07 Å². The van der Waals surface area contributed by atoms with Gasteiger partial charge in [-0.25, -0.2) is 13.8 Å². The van der Waals surface area contributed by atoms with E-state index in [2.05, 4.69) is 9.97 Å². The van der Waals surface area contributed by atoms with Crippen molar-refractivity contribution in [3.63, 3.8) is 0 Å². The number of benzene rings is 4. The topological polar surface area (TPSA) is 56.4 Å². The quantitative estimate of drug-likeness (QED) is 0.274. The fourth-order valence-electron chi connectivity index (χ4n) is 3.75. The summed E-state index contributed by atoms with van der Waals surface area (Å²) in [5.41, 5.74) is 2.86. The van der Waals surface area contributed by atoms with Gasteiger partial charge in [0.1, 0.15) is 24.9 Å². The Morgan fingerprint density at radius 3 is 2.03 bits per heavy atom. The molecule has 176 valence electrons. The van der Waals surface area contributed by atoms with E-state index in [0.29, 0.717) is 11.0 Å². The third kappa shape index (κ3) is 4.80. The van der Waals surface area contributed by atoms with E-state index in [1.807, 2.05) is 60.7 Å². The Labute approximate surface area is 200 Å². The highest BCUT2D eigenvalue weighted by Crippen LogP contribution is 2.45. The van der Waals surface area contributed by atoms with Crippen molar-refractivity contribution in [2.75, 3.05) is 7.11 Å². The Balaban J connectivity index is 1.58. The van der Waals surface area contributed by atoms with E-state index in [-0.39, 0.29) is 41.9 Å². The maximum Gasteiger partial charge on any atom is 0.207 e. The van der Waals surface area contributed by atoms with Gasteiger partial charge < -0.3 is 19.2 Å². The van der Waals surface area contributed by atoms with Gasteiger partial charge in [0.25, 0.3) is 0 Å². The van der Waals surface area contributed by atoms with Crippen LogP contribution < -0.4 is 14.2 Å². The van der Waals surface area contributed by atoms with Crippen LogP contribution in [0.5, 0.6) is 17.2 Å². The summed E-state index contributed by atoms with van der Waals surface area (Å²) in [6, 6.07) is 24.6. The van der Waals surface area contributed by atoms with Crippen molar-refractivity contribution >= 4 is 11.0 Å². The number of aromatic amines is 1. The zero-order valence-corrected chi connectivity index (χ0v) is 18.9. The molecule has 0 aliphatic heterocycles. The van der Waals surface area contributed by atoms with Crippen LogP contribution >= 0.6 is 0 Å². The van der Waals surface area contributed by atoms with Gasteiger partial charge in [0, 0.05) is 6.07 Å². The second kappa shape index (κ2) is 9.85. The molecule has 35 heavy (non-hydrogen) atoms. The zero-order chi connectivity index (χ0) is 24.2.